The molecule has 0 saturated carbocycles. The Kier molecular flexibility index (Phi) is 5.85. The predicted molar refractivity (Wildman–Crippen MR) is 93.2 cm³/mol. The van der Waals surface area contributed by atoms with Gasteiger partial charge in [-0.05, 0) is 46.1 Å². The van der Waals surface area contributed by atoms with E-state index in [0.717, 1.165) is 32.3 Å². The summed E-state index contributed by atoms with van der Waals surface area (Å²) in [5.74, 6) is 5.74. The molecule has 1 atom stereocenters. The summed E-state index contributed by atoms with van der Waals surface area (Å²) < 4.78 is 3.90. The molecule has 0 aliphatic carbocycles. The first-order chi connectivity index (χ1) is 9.97. The highest BCUT2D eigenvalue weighted by Gasteiger charge is 2.20. The number of hydrogen-bond acceptors (Lipinski definition) is 3. The molecular weight excluding hydrogens is 419 g/mol. The molecule has 1 unspecified atom stereocenters. The van der Waals surface area contributed by atoms with Gasteiger partial charge in [0.05, 0.1) is 21.9 Å². The number of rotatable bonds is 5. The number of nitrogens with two attached hydrogens (primary N) is 1. The molecule has 114 valence electrons. The quantitative estimate of drug-likeness (QED) is 0.552. The van der Waals surface area contributed by atoms with Crippen LogP contribution in [0, 0.1) is 0 Å². The van der Waals surface area contributed by atoms with Gasteiger partial charge in [-0.25, -0.2) is 0 Å². The molecule has 1 heterocycles. The smallest absolute Gasteiger partial charge is 0.0766 e. The van der Waals surface area contributed by atoms with Gasteiger partial charge in [0, 0.05) is 23.0 Å². The molecule has 2 aromatic rings. The Balaban J connectivity index is 2.36. The molecule has 1 aromatic carbocycles. The average Bonchev–Trinajstić information content (AvgIpc) is 2.74. The third-order valence-corrected chi connectivity index (χ3v) is 5.19. The van der Waals surface area contributed by atoms with Crippen LogP contribution in [0.25, 0.3) is 0 Å². The second-order valence-corrected chi connectivity index (χ2v) is 6.89. The number of nitrogens with zero attached hydrogens (tertiary/aromatic N) is 2. The minimum atomic E-state index is -0.0913. The van der Waals surface area contributed by atoms with Crippen molar-refractivity contribution in [3.05, 3.63) is 49.1 Å². The average molecular weight is 437 g/mol. The van der Waals surface area contributed by atoms with Gasteiger partial charge in [-0.1, -0.05) is 34.5 Å². The van der Waals surface area contributed by atoms with Crippen LogP contribution < -0.4 is 11.3 Å². The Labute approximate surface area is 146 Å². The maximum Gasteiger partial charge on any atom is 0.0766 e. The molecule has 3 N–H and O–H groups in total. The fourth-order valence-corrected chi connectivity index (χ4v) is 3.68. The van der Waals surface area contributed by atoms with Crippen LogP contribution in [0.5, 0.6) is 0 Å². The van der Waals surface area contributed by atoms with Crippen molar-refractivity contribution in [3.8, 4) is 0 Å². The molecular formula is C14H17Br2ClN4. The van der Waals surface area contributed by atoms with Gasteiger partial charge in [0.25, 0.3) is 0 Å². The standard InChI is InChI=1S/C14H17Br2ClN4/c1-3-11-14(16)13(21(2)20-11)7-12(19-18)9-6-8(15)4-5-10(9)17/h4-6,12,19H,3,7,18H2,1-2H3. The first kappa shape index (κ1) is 17.0. The number of halogens is 3. The molecule has 7 heteroatoms. The highest BCUT2D eigenvalue weighted by atomic mass is 79.9. The van der Waals surface area contributed by atoms with E-state index in [4.69, 9.17) is 17.4 Å². The molecule has 0 aliphatic heterocycles. The number of hydrazine groups is 1. The number of hydrogen-bond donors (Lipinski definition) is 2. The van der Waals surface area contributed by atoms with Gasteiger partial charge in [0.2, 0.25) is 0 Å². The van der Waals surface area contributed by atoms with Gasteiger partial charge in [0.15, 0.2) is 0 Å². The fourth-order valence-electron chi connectivity index (χ4n) is 2.28. The van der Waals surface area contributed by atoms with Crippen molar-refractivity contribution in [2.24, 2.45) is 12.9 Å². The Morgan fingerprint density at radius 2 is 2.14 bits per heavy atom. The topological polar surface area (TPSA) is 55.9 Å². The van der Waals surface area contributed by atoms with Gasteiger partial charge < -0.3 is 0 Å². The third kappa shape index (κ3) is 3.68. The van der Waals surface area contributed by atoms with E-state index in [-0.39, 0.29) is 6.04 Å². The van der Waals surface area contributed by atoms with Crippen molar-refractivity contribution in [1.82, 2.24) is 15.2 Å². The van der Waals surface area contributed by atoms with Crippen molar-refractivity contribution in [1.29, 1.82) is 0 Å². The summed E-state index contributed by atoms with van der Waals surface area (Å²) in [5.41, 5.74) is 5.94. The van der Waals surface area contributed by atoms with E-state index in [0.29, 0.717) is 11.4 Å². The molecule has 0 aliphatic rings. The summed E-state index contributed by atoms with van der Waals surface area (Å²) in [4.78, 5) is 0. The Hall–Kier alpha value is -0.400. The van der Waals surface area contributed by atoms with Crippen LogP contribution in [0.2, 0.25) is 5.02 Å². The van der Waals surface area contributed by atoms with Gasteiger partial charge >= 0.3 is 0 Å². The van der Waals surface area contributed by atoms with Crippen molar-refractivity contribution in [2.75, 3.05) is 0 Å². The molecule has 0 fully saturated rings. The number of benzene rings is 1. The first-order valence-electron chi connectivity index (χ1n) is 6.59. The second kappa shape index (κ2) is 7.24. The highest BCUT2D eigenvalue weighted by molar-refractivity contribution is 9.10. The number of aromatic nitrogens is 2. The van der Waals surface area contributed by atoms with E-state index in [1.54, 1.807) is 0 Å². The van der Waals surface area contributed by atoms with Gasteiger partial charge in [-0.15, -0.1) is 0 Å². The molecule has 0 radical (unpaired) electrons. The SMILES string of the molecule is CCc1nn(C)c(CC(NN)c2cc(Br)ccc2Cl)c1Br. The fraction of sp³-hybridized carbons (Fsp3) is 0.357. The summed E-state index contributed by atoms with van der Waals surface area (Å²) in [5, 5.41) is 5.20. The monoisotopic (exact) mass is 434 g/mol. The lowest BCUT2D eigenvalue weighted by molar-refractivity contribution is 0.529. The van der Waals surface area contributed by atoms with Crippen LogP contribution in [0.15, 0.2) is 27.1 Å². The van der Waals surface area contributed by atoms with Crippen LogP contribution in [-0.4, -0.2) is 9.78 Å². The van der Waals surface area contributed by atoms with E-state index >= 15 is 0 Å². The maximum absolute atomic E-state index is 6.30. The summed E-state index contributed by atoms with van der Waals surface area (Å²) in [6.07, 6.45) is 1.57. The van der Waals surface area contributed by atoms with Crippen molar-refractivity contribution >= 4 is 43.5 Å². The van der Waals surface area contributed by atoms with Crippen LogP contribution in [0.1, 0.15) is 29.9 Å². The van der Waals surface area contributed by atoms with E-state index in [9.17, 15) is 0 Å². The molecule has 0 spiro atoms. The summed E-state index contributed by atoms with van der Waals surface area (Å²) in [6, 6.07) is 5.67. The number of aryl methyl sites for hydroxylation is 2. The third-order valence-electron chi connectivity index (χ3n) is 3.44. The number of nitrogens with one attached hydrogen (secondary N) is 1. The van der Waals surface area contributed by atoms with E-state index in [1.807, 2.05) is 29.9 Å². The van der Waals surface area contributed by atoms with Crippen molar-refractivity contribution in [3.63, 3.8) is 0 Å². The molecule has 0 bridgehead atoms. The molecule has 0 saturated heterocycles. The van der Waals surface area contributed by atoms with E-state index in [1.165, 1.54) is 0 Å². The maximum atomic E-state index is 6.30. The van der Waals surface area contributed by atoms with Crippen LogP contribution >= 0.6 is 43.5 Å². The first-order valence-corrected chi connectivity index (χ1v) is 8.55. The zero-order chi connectivity index (χ0) is 15.6. The predicted octanol–water partition coefficient (Wildman–Crippen LogP) is 3.91. The Morgan fingerprint density at radius 1 is 1.43 bits per heavy atom. The summed E-state index contributed by atoms with van der Waals surface area (Å²) >= 11 is 13.4. The van der Waals surface area contributed by atoms with Crippen molar-refractivity contribution < 1.29 is 0 Å². The lowest BCUT2D eigenvalue weighted by atomic mass is 10.0. The minimum Gasteiger partial charge on any atom is -0.271 e. The summed E-state index contributed by atoms with van der Waals surface area (Å²) in [6.45, 7) is 2.08. The molecule has 1 aromatic heterocycles. The van der Waals surface area contributed by atoms with Crippen LogP contribution in [0.4, 0.5) is 0 Å². The molecule has 2 rings (SSSR count). The minimum absolute atomic E-state index is 0.0913. The van der Waals surface area contributed by atoms with E-state index < -0.39 is 0 Å². The van der Waals surface area contributed by atoms with Gasteiger partial charge in [-0.2, -0.15) is 5.10 Å². The van der Waals surface area contributed by atoms with Gasteiger partial charge in [-0.3, -0.25) is 16.0 Å². The van der Waals surface area contributed by atoms with Crippen molar-refractivity contribution in [2.45, 2.75) is 25.8 Å². The Morgan fingerprint density at radius 3 is 2.71 bits per heavy atom. The van der Waals surface area contributed by atoms with Crippen LogP contribution in [-0.2, 0) is 19.9 Å². The van der Waals surface area contributed by atoms with E-state index in [2.05, 4.69) is 49.3 Å². The largest absolute Gasteiger partial charge is 0.271 e. The summed E-state index contributed by atoms with van der Waals surface area (Å²) in [7, 11) is 1.94. The highest BCUT2D eigenvalue weighted by Crippen LogP contribution is 2.31. The zero-order valence-corrected chi connectivity index (χ0v) is 15.8. The molecule has 4 nitrogen and oxygen atoms in total. The lowest BCUT2D eigenvalue weighted by Gasteiger charge is -2.18. The second-order valence-electron chi connectivity index (χ2n) is 4.77. The normalized spacial score (nSPS) is 12.7. The Bertz CT molecular complexity index is 642. The zero-order valence-electron chi connectivity index (χ0n) is 11.8. The molecule has 0 amide bonds. The van der Waals surface area contributed by atoms with Crippen LogP contribution in [0.3, 0.4) is 0 Å². The lowest BCUT2D eigenvalue weighted by Crippen LogP contribution is -2.30. The molecule has 21 heavy (non-hydrogen) atoms. The van der Waals surface area contributed by atoms with Gasteiger partial charge in [0.1, 0.15) is 0 Å².